The fourth-order valence-corrected chi connectivity index (χ4v) is 1.95. The van der Waals surface area contributed by atoms with Crippen molar-refractivity contribution < 1.29 is 0 Å². The lowest BCUT2D eigenvalue weighted by Crippen LogP contribution is -2.36. The van der Waals surface area contributed by atoms with E-state index in [4.69, 9.17) is 5.73 Å². The first-order chi connectivity index (χ1) is 7.26. The molecule has 0 aliphatic rings. The Morgan fingerprint density at radius 2 is 1.88 bits per heavy atom. The summed E-state index contributed by atoms with van der Waals surface area (Å²) >= 11 is 0. The quantitative estimate of drug-likeness (QED) is 0.676. The maximum absolute atomic E-state index is 6.15. The van der Waals surface area contributed by atoms with Crippen molar-refractivity contribution in [3.05, 3.63) is 12.7 Å². The fraction of sp³-hybridized carbons (Fsp3) is 0.857. The van der Waals surface area contributed by atoms with Crippen molar-refractivity contribution in [2.45, 2.75) is 59.5 Å². The highest BCUT2D eigenvalue weighted by atomic mass is 15.1. The highest BCUT2D eigenvalue weighted by Crippen LogP contribution is 2.21. The molecule has 2 N–H and O–H groups in total. The van der Waals surface area contributed by atoms with Crippen LogP contribution in [0.25, 0.3) is 0 Å². The second-order valence-electron chi connectivity index (χ2n) is 6.19. The lowest BCUT2D eigenvalue weighted by atomic mass is 9.87. The van der Waals surface area contributed by atoms with E-state index in [9.17, 15) is 0 Å². The van der Waals surface area contributed by atoms with Gasteiger partial charge in [-0.1, -0.05) is 26.8 Å². The van der Waals surface area contributed by atoms with E-state index < -0.39 is 0 Å². The average Bonchev–Trinajstić information content (AvgIpc) is 2.08. The summed E-state index contributed by atoms with van der Waals surface area (Å²) in [6.45, 7) is 17.0. The molecule has 0 saturated carbocycles. The molecule has 0 radical (unpaired) electrons. The minimum Gasteiger partial charge on any atom is -0.328 e. The minimum absolute atomic E-state index is 0.311. The molecule has 2 nitrogen and oxygen atoms in total. The molecule has 0 rings (SSSR count). The van der Waals surface area contributed by atoms with Crippen LogP contribution in [0.1, 0.15) is 47.5 Å². The van der Waals surface area contributed by atoms with Crippen molar-refractivity contribution >= 4 is 0 Å². The molecule has 16 heavy (non-hydrogen) atoms. The molecule has 0 heterocycles. The highest BCUT2D eigenvalue weighted by Gasteiger charge is 2.16. The second kappa shape index (κ2) is 7.08. The zero-order chi connectivity index (χ0) is 12.8. The van der Waals surface area contributed by atoms with E-state index in [0.29, 0.717) is 17.5 Å². The smallest absolute Gasteiger partial charge is 0.0163 e. The molecule has 0 spiro atoms. The van der Waals surface area contributed by atoms with Gasteiger partial charge in [0.15, 0.2) is 0 Å². The highest BCUT2D eigenvalue weighted by molar-refractivity contribution is 4.78. The van der Waals surface area contributed by atoms with Crippen LogP contribution in [0.2, 0.25) is 0 Å². The third-order valence-electron chi connectivity index (χ3n) is 2.76. The van der Waals surface area contributed by atoms with Crippen LogP contribution in [-0.4, -0.2) is 30.1 Å². The zero-order valence-electron chi connectivity index (χ0n) is 11.8. The summed E-state index contributed by atoms with van der Waals surface area (Å²) in [4.78, 5) is 2.41. The van der Waals surface area contributed by atoms with Crippen molar-refractivity contribution in [1.82, 2.24) is 4.90 Å². The Kier molecular flexibility index (Phi) is 6.93. The van der Waals surface area contributed by atoms with E-state index in [-0.39, 0.29) is 0 Å². The van der Waals surface area contributed by atoms with Crippen LogP contribution in [-0.2, 0) is 0 Å². The normalized spacial score (nSPS) is 14.5. The molecule has 96 valence electrons. The number of nitrogens with zero attached hydrogens (tertiary/aromatic N) is 1. The third-order valence-corrected chi connectivity index (χ3v) is 2.76. The predicted molar refractivity (Wildman–Crippen MR) is 73.6 cm³/mol. The number of hydrogen-bond acceptors (Lipinski definition) is 2. The molecule has 1 atom stereocenters. The Balaban J connectivity index is 3.96. The van der Waals surface area contributed by atoms with Crippen LogP contribution in [0.4, 0.5) is 0 Å². The Bertz CT molecular complexity index is 191. The maximum Gasteiger partial charge on any atom is 0.0163 e. The first kappa shape index (κ1) is 15.7. The monoisotopic (exact) mass is 226 g/mol. The molecule has 0 aromatic carbocycles. The molecule has 0 fully saturated rings. The maximum atomic E-state index is 6.15. The molecule has 2 heteroatoms. The van der Waals surface area contributed by atoms with Crippen molar-refractivity contribution in [1.29, 1.82) is 0 Å². The van der Waals surface area contributed by atoms with Gasteiger partial charge in [0.2, 0.25) is 0 Å². The topological polar surface area (TPSA) is 29.3 Å². The molecule has 0 aromatic heterocycles. The van der Waals surface area contributed by atoms with Crippen LogP contribution in [0, 0.1) is 5.41 Å². The van der Waals surface area contributed by atoms with Crippen LogP contribution < -0.4 is 5.73 Å². The molecule has 0 aliphatic carbocycles. The SMILES string of the molecule is C=CCN(CCC(N)CC(C)(C)C)C(C)C. The summed E-state index contributed by atoms with van der Waals surface area (Å²) in [6, 6.07) is 0.880. The summed E-state index contributed by atoms with van der Waals surface area (Å²) in [5.74, 6) is 0. The van der Waals surface area contributed by atoms with Gasteiger partial charge >= 0.3 is 0 Å². The Hall–Kier alpha value is -0.340. The molecule has 0 bridgehead atoms. The Morgan fingerprint density at radius 1 is 1.31 bits per heavy atom. The van der Waals surface area contributed by atoms with Gasteiger partial charge in [0.05, 0.1) is 0 Å². The number of rotatable bonds is 7. The molecular weight excluding hydrogens is 196 g/mol. The van der Waals surface area contributed by atoms with Crippen molar-refractivity contribution in [2.24, 2.45) is 11.1 Å². The van der Waals surface area contributed by atoms with Gasteiger partial charge < -0.3 is 5.73 Å². The fourth-order valence-electron chi connectivity index (χ4n) is 1.95. The van der Waals surface area contributed by atoms with Crippen LogP contribution in [0.3, 0.4) is 0 Å². The van der Waals surface area contributed by atoms with E-state index >= 15 is 0 Å². The minimum atomic E-state index is 0.311. The van der Waals surface area contributed by atoms with E-state index in [1.807, 2.05) is 6.08 Å². The average molecular weight is 226 g/mol. The van der Waals surface area contributed by atoms with E-state index in [0.717, 1.165) is 25.9 Å². The van der Waals surface area contributed by atoms with Crippen molar-refractivity contribution in [2.75, 3.05) is 13.1 Å². The Labute approximate surface area is 102 Å². The number of hydrogen-bond donors (Lipinski definition) is 1. The second-order valence-corrected chi connectivity index (χ2v) is 6.19. The summed E-state index contributed by atoms with van der Waals surface area (Å²) in [6.07, 6.45) is 4.13. The Morgan fingerprint density at radius 3 is 2.25 bits per heavy atom. The van der Waals surface area contributed by atoms with Gasteiger partial charge in [-0.2, -0.15) is 0 Å². The van der Waals surface area contributed by atoms with Crippen LogP contribution >= 0.6 is 0 Å². The summed E-state index contributed by atoms with van der Waals surface area (Å²) in [7, 11) is 0. The van der Waals surface area contributed by atoms with Gasteiger partial charge in [0.25, 0.3) is 0 Å². The first-order valence-corrected chi connectivity index (χ1v) is 6.37. The van der Waals surface area contributed by atoms with Crippen LogP contribution in [0.5, 0.6) is 0 Å². The standard InChI is InChI=1S/C14H30N2/c1-7-9-16(12(2)3)10-8-13(15)11-14(4,5)6/h7,12-13H,1,8-11,15H2,2-6H3. The summed E-state index contributed by atoms with van der Waals surface area (Å²) in [5, 5.41) is 0. The zero-order valence-corrected chi connectivity index (χ0v) is 11.8. The molecule has 1 unspecified atom stereocenters. The largest absolute Gasteiger partial charge is 0.328 e. The van der Waals surface area contributed by atoms with Crippen molar-refractivity contribution in [3.8, 4) is 0 Å². The molecule has 0 aromatic rings. The van der Waals surface area contributed by atoms with Gasteiger partial charge in [0, 0.05) is 25.2 Å². The van der Waals surface area contributed by atoms with E-state index in [1.54, 1.807) is 0 Å². The van der Waals surface area contributed by atoms with Gasteiger partial charge in [0.1, 0.15) is 0 Å². The number of nitrogens with two attached hydrogens (primary N) is 1. The van der Waals surface area contributed by atoms with Gasteiger partial charge in [-0.05, 0) is 32.1 Å². The predicted octanol–water partition coefficient (Wildman–Crippen LogP) is 3.04. The third kappa shape index (κ3) is 7.89. The van der Waals surface area contributed by atoms with Crippen molar-refractivity contribution in [3.63, 3.8) is 0 Å². The molecule has 0 saturated heterocycles. The van der Waals surface area contributed by atoms with Gasteiger partial charge in [-0.25, -0.2) is 0 Å². The van der Waals surface area contributed by atoms with Gasteiger partial charge in [-0.3, -0.25) is 4.90 Å². The molecule has 0 amide bonds. The van der Waals surface area contributed by atoms with E-state index in [1.165, 1.54) is 0 Å². The van der Waals surface area contributed by atoms with Gasteiger partial charge in [-0.15, -0.1) is 6.58 Å². The van der Waals surface area contributed by atoms with E-state index in [2.05, 4.69) is 46.1 Å². The lowest BCUT2D eigenvalue weighted by Gasteiger charge is -2.28. The lowest BCUT2D eigenvalue weighted by molar-refractivity contribution is 0.225. The summed E-state index contributed by atoms with van der Waals surface area (Å²) < 4.78 is 0. The van der Waals surface area contributed by atoms with Crippen LogP contribution in [0.15, 0.2) is 12.7 Å². The molecule has 0 aliphatic heterocycles. The summed E-state index contributed by atoms with van der Waals surface area (Å²) in [5.41, 5.74) is 6.49. The first-order valence-electron chi connectivity index (χ1n) is 6.37. The molecular formula is C14H30N2.